The number of aromatic amines is 1. The van der Waals surface area contributed by atoms with Crippen molar-refractivity contribution in [2.24, 2.45) is 17.3 Å². The summed E-state index contributed by atoms with van der Waals surface area (Å²) >= 11 is 0. The summed E-state index contributed by atoms with van der Waals surface area (Å²) in [6, 6.07) is 7.11. The molecule has 0 saturated heterocycles. The monoisotopic (exact) mass is 327 g/mol. The van der Waals surface area contributed by atoms with Crippen LogP contribution in [0.5, 0.6) is 0 Å². The van der Waals surface area contributed by atoms with Crippen molar-refractivity contribution in [3.63, 3.8) is 0 Å². The maximum Gasteiger partial charge on any atom is 0.439 e. The van der Waals surface area contributed by atoms with Gasteiger partial charge in [0.25, 0.3) is 0 Å². The molecule has 2 unspecified atom stereocenters. The lowest BCUT2D eigenvalue weighted by Gasteiger charge is -2.06. The van der Waals surface area contributed by atoms with Crippen LogP contribution in [-0.2, 0) is 4.79 Å². The average Bonchev–Trinajstić information content (AvgIpc) is 2.82. The number of allylic oxidation sites excluding steroid dienone is 2. The zero-order valence-corrected chi connectivity index (χ0v) is 14.2. The Balaban J connectivity index is 1.69. The molecule has 1 aromatic carbocycles. The zero-order valence-electron chi connectivity index (χ0n) is 14.2. The number of benzene rings is 1. The van der Waals surface area contributed by atoms with E-state index >= 15 is 0 Å². The molecule has 2 aromatic rings. The van der Waals surface area contributed by atoms with Gasteiger partial charge in [-0.3, -0.25) is 14.3 Å². The van der Waals surface area contributed by atoms with E-state index < -0.39 is 5.76 Å². The molecule has 126 valence electrons. The number of rotatable bonds is 4. The second kappa shape index (κ2) is 5.78. The van der Waals surface area contributed by atoms with Gasteiger partial charge in [0, 0.05) is 11.3 Å². The lowest BCUT2D eigenvalue weighted by Crippen LogP contribution is -2.16. The van der Waals surface area contributed by atoms with Gasteiger partial charge in [-0.1, -0.05) is 30.7 Å². The Morgan fingerprint density at radius 3 is 2.50 bits per heavy atom. The molecule has 6 nitrogen and oxygen atoms in total. The van der Waals surface area contributed by atoms with Crippen molar-refractivity contribution in [1.82, 2.24) is 10.1 Å². The Labute approximate surface area is 140 Å². The quantitative estimate of drug-likeness (QED) is 0.844. The van der Waals surface area contributed by atoms with Crippen molar-refractivity contribution in [3.8, 4) is 11.4 Å². The third-order valence-electron chi connectivity index (χ3n) is 4.57. The second-order valence-electron chi connectivity index (χ2n) is 7.08. The van der Waals surface area contributed by atoms with E-state index in [2.05, 4.69) is 53.8 Å². The molecule has 1 fully saturated rings. The first-order chi connectivity index (χ1) is 11.3. The number of anilines is 1. The standard InChI is InChI=1S/C18H21N3O3/c1-10(2)9-13-14(18(13,3)4)16(22)19-12-7-5-11(6-8-12)15-20-17(23)24-21-15/h5-9,13-14H,1-4H3,(H,19,22)(H,20,21,23). The molecule has 1 amide bonds. The number of nitrogens with zero attached hydrogens (tertiary/aromatic N) is 1. The molecular weight excluding hydrogens is 306 g/mol. The van der Waals surface area contributed by atoms with Gasteiger partial charge in [0.15, 0.2) is 5.82 Å². The molecule has 0 spiro atoms. The van der Waals surface area contributed by atoms with Crippen LogP contribution in [0.2, 0.25) is 0 Å². The van der Waals surface area contributed by atoms with E-state index in [1.165, 1.54) is 5.57 Å². The summed E-state index contributed by atoms with van der Waals surface area (Å²) in [6.45, 7) is 8.34. The highest BCUT2D eigenvalue weighted by atomic mass is 16.5. The van der Waals surface area contributed by atoms with E-state index in [4.69, 9.17) is 0 Å². The first kappa shape index (κ1) is 16.2. The molecule has 1 saturated carbocycles. The van der Waals surface area contributed by atoms with Crippen LogP contribution in [0.3, 0.4) is 0 Å². The van der Waals surface area contributed by atoms with Gasteiger partial charge in [-0.15, -0.1) is 0 Å². The highest BCUT2D eigenvalue weighted by Crippen LogP contribution is 2.59. The second-order valence-corrected chi connectivity index (χ2v) is 7.08. The van der Waals surface area contributed by atoms with E-state index in [1.54, 1.807) is 24.3 Å². The Morgan fingerprint density at radius 2 is 1.96 bits per heavy atom. The van der Waals surface area contributed by atoms with Gasteiger partial charge in [0.2, 0.25) is 5.91 Å². The van der Waals surface area contributed by atoms with Gasteiger partial charge in [0.1, 0.15) is 0 Å². The lowest BCUT2D eigenvalue weighted by atomic mass is 10.1. The van der Waals surface area contributed by atoms with Gasteiger partial charge in [0.05, 0.1) is 5.92 Å². The van der Waals surface area contributed by atoms with Crippen LogP contribution < -0.4 is 11.1 Å². The van der Waals surface area contributed by atoms with E-state index in [1.807, 2.05) is 0 Å². The van der Waals surface area contributed by atoms with Crippen LogP contribution in [-0.4, -0.2) is 16.0 Å². The third-order valence-corrected chi connectivity index (χ3v) is 4.57. The Morgan fingerprint density at radius 1 is 1.29 bits per heavy atom. The lowest BCUT2D eigenvalue weighted by molar-refractivity contribution is -0.118. The van der Waals surface area contributed by atoms with Gasteiger partial charge in [-0.05, 0) is 49.4 Å². The maximum absolute atomic E-state index is 12.5. The smallest absolute Gasteiger partial charge is 0.326 e. The fraction of sp³-hybridized carbons (Fsp3) is 0.389. The van der Waals surface area contributed by atoms with Crippen molar-refractivity contribution in [2.75, 3.05) is 5.32 Å². The molecule has 0 bridgehead atoms. The first-order valence-electron chi connectivity index (χ1n) is 7.91. The molecule has 0 radical (unpaired) electrons. The van der Waals surface area contributed by atoms with Crippen LogP contribution in [0.4, 0.5) is 5.69 Å². The molecular formula is C18H21N3O3. The summed E-state index contributed by atoms with van der Waals surface area (Å²) < 4.78 is 4.48. The number of H-pyrrole nitrogens is 1. The minimum Gasteiger partial charge on any atom is -0.326 e. The number of hydrogen-bond donors (Lipinski definition) is 2. The number of amides is 1. The van der Waals surface area contributed by atoms with E-state index in [-0.39, 0.29) is 23.2 Å². The summed E-state index contributed by atoms with van der Waals surface area (Å²) in [5.74, 6) is 0.0690. The van der Waals surface area contributed by atoms with Gasteiger partial charge in [-0.25, -0.2) is 4.79 Å². The number of hydrogen-bond acceptors (Lipinski definition) is 4. The topological polar surface area (TPSA) is 88.0 Å². The summed E-state index contributed by atoms with van der Waals surface area (Å²) in [7, 11) is 0. The van der Waals surface area contributed by atoms with Crippen molar-refractivity contribution < 1.29 is 9.32 Å². The van der Waals surface area contributed by atoms with Gasteiger partial charge < -0.3 is 5.32 Å². The molecule has 0 aliphatic heterocycles. The summed E-state index contributed by atoms with van der Waals surface area (Å²) in [5.41, 5.74) is 2.65. The molecule has 1 aliphatic carbocycles. The van der Waals surface area contributed by atoms with Crippen LogP contribution in [0.15, 0.2) is 45.2 Å². The van der Waals surface area contributed by atoms with E-state index in [0.29, 0.717) is 17.1 Å². The summed E-state index contributed by atoms with van der Waals surface area (Å²) in [6.07, 6.45) is 2.17. The minimum atomic E-state index is -0.594. The van der Waals surface area contributed by atoms with E-state index in [9.17, 15) is 9.59 Å². The number of nitrogens with one attached hydrogen (secondary N) is 2. The SMILES string of the molecule is CC(C)=CC1C(C(=O)Nc2ccc(-c3noc(=O)[nH]3)cc2)C1(C)C. The largest absolute Gasteiger partial charge is 0.439 e. The van der Waals surface area contributed by atoms with Crippen molar-refractivity contribution in [3.05, 3.63) is 46.5 Å². The molecule has 1 heterocycles. The van der Waals surface area contributed by atoms with Crippen molar-refractivity contribution in [2.45, 2.75) is 27.7 Å². The van der Waals surface area contributed by atoms with Crippen LogP contribution in [0.1, 0.15) is 27.7 Å². The molecule has 3 rings (SSSR count). The van der Waals surface area contributed by atoms with Crippen molar-refractivity contribution in [1.29, 1.82) is 0 Å². The van der Waals surface area contributed by atoms with Crippen LogP contribution in [0.25, 0.3) is 11.4 Å². The molecule has 2 N–H and O–H groups in total. The first-order valence-corrected chi connectivity index (χ1v) is 7.91. The Kier molecular flexibility index (Phi) is 3.91. The number of carbonyl (C=O) groups is 1. The Hall–Kier alpha value is -2.63. The average molecular weight is 327 g/mol. The molecule has 1 aliphatic rings. The number of carbonyl (C=O) groups excluding carboxylic acids is 1. The van der Waals surface area contributed by atoms with E-state index in [0.717, 1.165) is 0 Å². The summed E-state index contributed by atoms with van der Waals surface area (Å²) in [4.78, 5) is 26.0. The third kappa shape index (κ3) is 3.04. The van der Waals surface area contributed by atoms with Crippen LogP contribution >= 0.6 is 0 Å². The maximum atomic E-state index is 12.5. The van der Waals surface area contributed by atoms with Gasteiger partial charge >= 0.3 is 5.76 Å². The number of aromatic nitrogens is 2. The minimum absolute atomic E-state index is 0.0124. The predicted octanol–water partition coefficient (Wildman–Crippen LogP) is 3.21. The Bertz CT molecular complexity index is 839. The molecule has 2 atom stereocenters. The fourth-order valence-corrected chi connectivity index (χ4v) is 3.13. The van der Waals surface area contributed by atoms with Crippen LogP contribution in [0, 0.1) is 17.3 Å². The normalized spacial score (nSPS) is 21.2. The highest BCUT2D eigenvalue weighted by Gasteiger charge is 2.60. The zero-order chi connectivity index (χ0) is 17.5. The molecule has 1 aromatic heterocycles. The van der Waals surface area contributed by atoms with Gasteiger partial charge in [-0.2, -0.15) is 0 Å². The summed E-state index contributed by atoms with van der Waals surface area (Å²) in [5, 5.41) is 6.60. The molecule has 6 heteroatoms. The fourth-order valence-electron chi connectivity index (χ4n) is 3.13. The van der Waals surface area contributed by atoms with Crippen molar-refractivity contribution >= 4 is 11.6 Å². The highest BCUT2D eigenvalue weighted by molar-refractivity contribution is 5.95. The molecule has 24 heavy (non-hydrogen) atoms. The predicted molar refractivity (Wildman–Crippen MR) is 91.4 cm³/mol.